The number of anilines is 1. The summed E-state index contributed by atoms with van der Waals surface area (Å²) in [5.74, 6) is 2.09. The Labute approximate surface area is 197 Å². The van der Waals surface area contributed by atoms with Gasteiger partial charge in [0.25, 0.3) is 0 Å². The number of fused-ring (bicyclic) bond motifs is 1. The number of pyridine rings is 2. The zero-order valence-electron chi connectivity index (χ0n) is 17.7. The number of nitrogens with zero attached hydrogens (tertiary/aromatic N) is 3. The van der Waals surface area contributed by atoms with E-state index in [1.54, 1.807) is 37.0 Å². The highest BCUT2D eigenvalue weighted by molar-refractivity contribution is 7.22. The van der Waals surface area contributed by atoms with Gasteiger partial charge in [-0.05, 0) is 37.1 Å². The molecule has 33 heavy (non-hydrogen) atoms. The van der Waals surface area contributed by atoms with Gasteiger partial charge in [0.2, 0.25) is 0 Å². The van der Waals surface area contributed by atoms with Gasteiger partial charge in [-0.1, -0.05) is 31.6 Å². The fraction of sp³-hybridized carbons (Fsp3) is 0.320. The highest BCUT2D eigenvalue weighted by Gasteiger charge is 2.23. The van der Waals surface area contributed by atoms with Crippen LogP contribution >= 0.6 is 11.3 Å². The molecule has 1 aromatic carbocycles. The average Bonchev–Trinajstić information content (AvgIpc) is 3.22. The van der Waals surface area contributed by atoms with Crippen LogP contribution in [-0.4, -0.2) is 39.3 Å². The van der Waals surface area contributed by atoms with Gasteiger partial charge >= 0.3 is 0 Å². The highest BCUT2D eigenvalue weighted by Crippen LogP contribution is 2.33. The molecule has 8 heteroatoms. The zero-order chi connectivity index (χ0) is 21.9. The van der Waals surface area contributed by atoms with Gasteiger partial charge in [-0.2, -0.15) is 0 Å². The Kier molecular flexibility index (Phi) is 7.05. The van der Waals surface area contributed by atoms with E-state index >= 15 is 0 Å². The minimum absolute atomic E-state index is 0. The van der Waals surface area contributed by atoms with E-state index in [1.165, 1.54) is 0 Å². The van der Waals surface area contributed by atoms with Crippen molar-refractivity contribution in [2.75, 3.05) is 12.4 Å². The molecule has 1 aliphatic rings. The Bertz CT molecular complexity index is 1230. The van der Waals surface area contributed by atoms with Crippen molar-refractivity contribution in [1.29, 1.82) is 0 Å². The van der Waals surface area contributed by atoms with Crippen molar-refractivity contribution in [3.8, 4) is 28.5 Å². The van der Waals surface area contributed by atoms with Crippen LogP contribution in [0.5, 0.6) is 17.2 Å². The van der Waals surface area contributed by atoms with E-state index in [0.29, 0.717) is 11.5 Å². The Morgan fingerprint density at radius 3 is 2.73 bits per heavy atom. The zero-order valence-corrected chi connectivity index (χ0v) is 18.5. The summed E-state index contributed by atoms with van der Waals surface area (Å²) in [5, 5.41) is 14.5. The molecule has 0 unspecified atom stereocenters. The summed E-state index contributed by atoms with van der Waals surface area (Å²) in [6.45, 7) is 0. The van der Waals surface area contributed by atoms with Crippen molar-refractivity contribution in [3.63, 3.8) is 0 Å². The second-order valence-electron chi connectivity index (χ2n) is 7.84. The van der Waals surface area contributed by atoms with Gasteiger partial charge in [0.1, 0.15) is 17.2 Å². The lowest BCUT2D eigenvalue weighted by Gasteiger charge is -2.27. The molecule has 5 rings (SSSR count). The molecule has 1 saturated carbocycles. The summed E-state index contributed by atoms with van der Waals surface area (Å²) in [5.41, 5.74) is 2.52. The SMILES string of the molecule is C.COc1cncc(-c2cc(Oc3ccc4nc(N[C@@H]5CCCC[C@H]5O)sc4c3)ccn2)c1. The van der Waals surface area contributed by atoms with Crippen LogP contribution in [0.4, 0.5) is 5.13 Å². The fourth-order valence-electron chi connectivity index (χ4n) is 3.91. The molecule has 0 radical (unpaired) electrons. The van der Waals surface area contributed by atoms with Crippen LogP contribution in [0.2, 0.25) is 0 Å². The molecule has 7 nitrogen and oxygen atoms in total. The van der Waals surface area contributed by atoms with Crippen LogP contribution in [0.1, 0.15) is 33.1 Å². The minimum Gasteiger partial charge on any atom is -0.495 e. The molecule has 4 aromatic rings. The van der Waals surface area contributed by atoms with Crippen molar-refractivity contribution in [2.45, 2.75) is 45.3 Å². The van der Waals surface area contributed by atoms with Gasteiger partial charge < -0.3 is 19.9 Å². The number of rotatable bonds is 6. The average molecular weight is 465 g/mol. The molecule has 0 bridgehead atoms. The summed E-state index contributed by atoms with van der Waals surface area (Å²) in [4.78, 5) is 13.3. The summed E-state index contributed by atoms with van der Waals surface area (Å²) >= 11 is 1.57. The van der Waals surface area contributed by atoms with Crippen LogP contribution in [0.15, 0.2) is 55.0 Å². The largest absolute Gasteiger partial charge is 0.495 e. The van der Waals surface area contributed by atoms with E-state index in [-0.39, 0.29) is 19.6 Å². The van der Waals surface area contributed by atoms with E-state index < -0.39 is 0 Å². The topological polar surface area (TPSA) is 89.4 Å². The summed E-state index contributed by atoms with van der Waals surface area (Å²) < 4.78 is 12.4. The van der Waals surface area contributed by atoms with Gasteiger partial charge in [-0.3, -0.25) is 9.97 Å². The van der Waals surface area contributed by atoms with Crippen molar-refractivity contribution in [1.82, 2.24) is 15.0 Å². The first kappa shape index (κ1) is 22.9. The second kappa shape index (κ2) is 10.1. The molecule has 3 heterocycles. The summed E-state index contributed by atoms with van der Waals surface area (Å²) in [6, 6.07) is 11.5. The number of benzene rings is 1. The fourth-order valence-corrected chi connectivity index (χ4v) is 4.86. The molecule has 0 amide bonds. The maximum absolute atomic E-state index is 10.2. The van der Waals surface area contributed by atoms with E-state index in [1.807, 2.05) is 36.4 Å². The van der Waals surface area contributed by atoms with Crippen LogP contribution in [0, 0.1) is 0 Å². The number of aromatic nitrogens is 3. The summed E-state index contributed by atoms with van der Waals surface area (Å²) in [7, 11) is 1.61. The first-order valence-corrected chi connectivity index (χ1v) is 11.5. The van der Waals surface area contributed by atoms with Crippen molar-refractivity contribution < 1.29 is 14.6 Å². The third kappa shape index (κ3) is 5.23. The molecular weight excluding hydrogens is 436 g/mol. The van der Waals surface area contributed by atoms with Gasteiger partial charge in [0.15, 0.2) is 5.13 Å². The van der Waals surface area contributed by atoms with E-state index in [9.17, 15) is 5.11 Å². The van der Waals surface area contributed by atoms with Gasteiger partial charge in [0, 0.05) is 30.1 Å². The molecule has 2 atom stereocenters. The second-order valence-corrected chi connectivity index (χ2v) is 8.87. The van der Waals surface area contributed by atoms with Crippen LogP contribution < -0.4 is 14.8 Å². The maximum Gasteiger partial charge on any atom is 0.184 e. The molecule has 2 N–H and O–H groups in total. The Morgan fingerprint density at radius 1 is 1.03 bits per heavy atom. The van der Waals surface area contributed by atoms with Crippen LogP contribution in [-0.2, 0) is 0 Å². The smallest absolute Gasteiger partial charge is 0.184 e. The quantitative estimate of drug-likeness (QED) is 0.367. The summed E-state index contributed by atoms with van der Waals surface area (Å²) in [6.07, 6.45) is 8.85. The first-order valence-electron chi connectivity index (χ1n) is 10.7. The van der Waals surface area contributed by atoms with Crippen LogP contribution in [0.25, 0.3) is 21.5 Å². The predicted molar refractivity (Wildman–Crippen MR) is 132 cm³/mol. The maximum atomic E-state index is 10.2. The third-order valence-corrected chi connectivity index (χ3v) is 6.56. The number of hydrogen-bond donors (Lipinski definition) is 2. The van der Waals surface area contributed by atoms with E-state index in [4.69, 9.17) is 9.47 Å². The lowest BCUT2D eigenvalue weighted by Crippen LogP contribution is -2.36. The number of aliphatic hydroxyl groups is 1. The minimum atomic E-state index is -0.310. The number of methoxy groups -OCH3 is 1. The normalized spacial score (nSPS) is 17.9. The molecule has 0 spiro atoms. The van der Waals surface area contributed by atoms with E-state index in [2.05, 4.69) is 20.3 Å². The van der Waals surface area contributed by atoms with Crippen molar-refractivity contribution >= 4 is 26.7 Å². The third-order valence-electron chi connectivity index (χ3n) is 5.61. The predicted octanol–water partition coefficient (Wildman–Crippen LogP) is 5.91. The molecule has 1 fully saturated rings. The lowest BCUT2D eigenvalue weighted by molar-refractivity contribution is 0.116. The molecule has 1 aliphatic carbocycles. The Morgan fingerprint density at radius 2 is 1.88 bits per heavy atom. The van der Waals surface area contributed by atoms with Gasteiger partial charge in [-0.25, -0.2) is 4.98 Å². The van der Waals surface area contributed by atoms with Crippen LogP contribution in [0.3, 0.4) is 0 Å². The van der Waals surface area contributed by atoms with Gasteiger partial charge in [0.05, 0.1) is 41.4 Å². The lowest BCUT2D eigenvalue weighted by atomic mass is 9.93. The molecule has 3 aromatic heterocycles. The number of nitrogens with one attached hydrogen (secondary N) is 1. The van der Waals surface area contributed by atoms with Crippen molar-refractivity contribution in [3.05, 3.63) is 55.0 Å². The Balaban J connectivity index is 0.00000259. The number of thiazole rings is 1. The Hall–Kier alpha value is -3.23. The van der Waals surface area contributed by atoms with Crippen molar-refractivity contribution in [2.24, 2.45) is 0 Å². The highest BCUT2D eigenvalue weighted by atomic mass is 32.1. The monoisotopic (exact) mass is 464 g/mol. The molecular formula is C25H28N4O3S. The molecule has 0 saturated heterocycles. The van der Waals surface area contributed by atoms with Gasteiger partial charge in [-0.15, -0.1) is 0 Å². The molecule has 172 valence electrons. The van der Waals surface area contributed by atoms with E-state index in [0.717, 1.165) is 58.0 Å². The standard InChI is InChI=1S/C24H24N4O3S.CH4/c1-30-18-10-15(13-25-14-18)21-11-17(8-9-26-21)31-16-6-7-20-23(12-16)32-24(28-20)27-19-4-2-3-5-22(19)29;/h6-14,19,22,29H,2-5H2,1H3,(H,27,28);1H4/t19-,22-;/m1./s1. The molecule has 0 aliphatic heterocycles. The number of aliphatic hydroxyl groups excluding tert-OH is 1. The number of ether oxygens (including phenoxy) is 2. The first-order chi connectivity index (χ1) is 15.7. The number of hydrogen-bond acceptors (Lipinski definition) is 8.